The van der Waals surface area contributed by atoms with Gasteiger partial charge in [0.05, 0.1) is 6.10 Å². The average Bonchev–Trinajstić information content (AvgIpc) is 2.33. The molecule has 2 unspecified atom stereocenters. The van der Waals surface area contributed by atoms with Crippen LogP contribution in [-0.2, 0) is 4.79 Å². The van der Waals surface area contributed by atoms with Crippen molar-refractivity contribution in [3.8, 4) is 0 Å². The van der Waals surface area contributed by atoms with Crippen molar-refractivity contribution < 1.29 is 9.90 Å². The molecule has 1 fully saturated rings. The standard InChI is InChI=1S/C9H16O2/c1-6(2)9(11)7-4-3-5-8(7)10/h6-7,9,11H,3-5H2,1-2H3. The summed E-state index contributed by atoms with van der Waals surface area (Å²) in [6, 6.07) is 0. The molecule has 2 atom stereocenters. The molecule has 1 N–H and O–H groups in total. The molecule has 1 aliphatic rings. The first-order chi connectivity index (χ1) is 5.13. The first-order valence-electron chi connectivity index (χ1n) is 4.33. The molecule has 0 aliphatic heterocycles. The van der Waals surface area contributed by atoms with Crippen LogP contribution in [0.15, 0.2) is 0 Å². The Kier molecular flexibility index (Phi) is 2.66. The number of carbonyl (C=O) groups is 1. The highest BCUT2D eigenvalue weighted by atomic mass is 16.3. The minimum atomic E-state index is -0.412. The van der Waals surface area contributed by atoms with Crippen LogP contribution < -0.4 is 0 Å². The number of hydrogen-bond acceptors (Lipinski definition) is 2. The van der Waals surface area contributed by atoms with Gasteiger partial charge in [-0.1, -0.05) is 13.8 Å². The lowest BCUT2D eigenvalue weighted by atomic mass is 9.91. The fraction of sp³-hybridized carbons (Fsp3) is 0.889. The van der Waals surface area contributed by atoms with Crippen LogP contribution in [0.2, 0.25) is 0 Å². The van der Waals surface area contributed by atoms with E-state index >= 15 is 0 Å². The molecular formula is C9H16O2. The molecule has 0 aromatic carbocycles. The lowest BCUT2D eigenvalue weighted by Crippen LogP contribution is -2.28. The Morgan fingerprint density at radius 2 is 2.18 bits per heavy atom. The highest BCUT2D eigenvalue weighted by molar-refractivity contribution is 5.83. The summed E-state index contributed by atoms with van der Waals surface area (Å²) in [5, 5.41) is 9.58. The molecule has 0 radical (unpaired) electrons. The van der Waals surface area contributed by atoms with Gasteiger partial charge in [0.25, 0.3) is 0 Å². The van der Waals surface area contributed by atoms with Crippen molar-refractivity contribution in [2.45, 2.75) is 39.2 Å². The van der Waals surface area contributed by atoms with Gasteiger partial charge >= 0.3 is 0 Å². The van der Waals surface area contributed by atoms with Crippen molar-refractivity contribution in [3.05, 3.63) is 0 Å². The van der Waals surface area contributed by atoms with E-state index in [9.17, 15) is 9.90 Å². The molecule has 0 spiro atoms. The van der Waals surface area contributed by atoms with Crippen molar-refractivity contribution in [2.24, 2.45) is 11.8 Å². The van der Waals surface area contributed by atoms with Gasteiger partial charge in [0.15, 0.2) is 0 Å². The minimum absolute atomic E-state index is 0.0602. The average molecular weight is 156 g/mol. The maximum Gasteiger partial charge on any atom is 0.138 e. The van der Waals surface area contributed by atoms with E-state index < -0.39 is 6.10 Å². The van der Waals surface area contributed by atoms with Gasteiger partial charge in [-0.05, 0) is 18.8 Å². The van der Waals surface area contributed by atoms with E-state index in [1.54, 1.807) is 0 Å². The van der Waals surface area contributed by atoms with Gasteiger partial charge in [0.1, 0.15) is 5.78 Å². The Labute approximate surface area is 67.6 Å². The third kappa shape index (κ3) is 1.80. The van der Waals surface area contributed by atoms with Crippen molar-refractivity contribution >= 4 is 5.78 Å². The zero-order chi connectivity index (χ0) is 8.43. The summed E-state index contributed by atoms with van der Waals surface area (Å²) in [5.74, 6) is 0.406. The maximum atomic E-state index is 11.2. The predicted octanol–water partition coefficient (Wildman–Crippen LogP) is 1.37. The van der Waals surface area contributed by atoms with E-state index in [1.165, 1.54) is 0 Å². The summed E-state index contributed by atoms with van der Waals surface area (Å²) in [6.07, 6.45) is 2.12. The van der Waals surface area contributed by atoms with E-state index in [0.717, 1.165) is 12.8 Å². The first-order valence-corrected chi connectivity index (χ1v) is 4.33. The molecule has 2 heteroatoms. The molecule has 1 rings (SSSR count). The third-order valence-corrected chi connectivity index (χ3v) is 2.45. The van der Waals surface area contributed by atoms with Crippen molar-refractivity contribution in [1.82, 2.24) is 0 Å². The highest BCUT2D eigenvalue weighted by Crippen LogP contribution is 2.27. The zero-order valence-electron chi connectivity index (χ0n) is 7.21. The molecule has 1 saturated carbocycles. The summed E-state index contributed by atoms with van der Waals surface area (Å²) >= 11 is 0. The first kappa shape index (κ1) is 8.72. The van der Waals surface area contributed by atoms with Crippen LogP contribution in [-0.4, -0.2) is 17.0 Å². The largest absolute Gasteiger partial charge is 0.392 e. The van der Waals surface area contributed by atoms with E-state index in [1.807, 2.05) is 13.8 Å². The van der Waals surface area contributed by atoms with E-state index in [4.69, 9.17) is 0 Å². The Bertz CT molecular complexity index is 152. The second-order valence-electron chi connectivity index (χ2n) is 3.70. The number of aliphatic hydroxyl groups is 1. The lowest BCUT2D eigenvalue weighted by molar-refractivity contribution is -0.124. The molecule has 64 valence electrons. The summed E-state index contributed by atoms with van der Waals surface area (Å²) in [4.78, 5) is 11.2. The quantitative estimate of drug-likeness (QED) is 0.655. The monoisotopic (exact) mass is 156 g/mol. The smallest absolute Gasteiger partial charge is 0.138 e. The fourth-order valence-electron chi connectivity index (χ4n) is 1.67. The summed E-state index contributed by atoms with van der Waals surface area (Å²) in [7, 11) is 0. The number of Topliss-reactive ketones (excluding diaryl/α,β-unsaturated/α-hetero) is 1. The predicted molar refractivity (Wildman–Crippen MR) is 43.2 cm³/mol. The van der Waals surface area contributed by atoms with Gasteiger partial charge < -0.3 is 5.11 Å². The van der Waals surface area contributed by atoms with Crippen molar-refractivity contribution in [1.29, 1.82) is 0 Å². The molecule has 0 saturated heterocycles. The Balaban J connectivity index is 2.52. The number of rotatable bonds is 2. The van der Waals surface area contributed by atoms with Crippen LogP contribution in [0, 0.1) is 11.8 Å². The van der Waals surface area contributed by atoms with E-state index in [0.29, 0.717) is 6.42 Å². The Morgan fingerprint density at radius 3 is 2.55 bits per heavy atom. The SMILES string of the molecule is CC(C)C(O)C1CCCC1=O. The van der Waals surface area contributed by atoms with Crippen LogP contribution in [0.25, 0.3) is 0 Å². The van der Waals surface area contributed by atoms with Crippen LogP contribution in [0.5, 0.6) is 0 Å². The van der Waals surface area contributed by atoms with Crippen LogP contribution in [0.3, 0.4) is 0 Å². The molecular weight excluding hydrogens is 140 g/mol. The molecule has 2 nitrogen and oxygen atoms in total. The normalized spacial score (nSPS) is 28.0. The van der Waals surface area contributed by atoms with Crippen LogP contribution >= 0.6 is 0 Å². The number of carbonyl (C=O) groups excluding carboxylic acids is 1. The summed E-state index contributed by atoms with van der Waals surface area (Å²) < 4.78 is 0. The van der Waals surface area contributed by atoms with Crippen molar-refractivity contribution in [3.63, 3.8) is 0 Å². The van der Waals surface area contributed by atoms with Gasteiger partial charge in [-0.2, -0.15) is 0 Å². The maximum absolute atomic E-state index is 11.2. The van der Waals surface area contributed by atoms with Crippen LogP contribution in [0.1, 0.15) is 33.1 Å². The molecule has 11 heavy (non-hydrogen) atoms. The molecule has 0 aromatic heterocycles. The van der Waals surface area contributed by atoms with Gasteiger partial charge in [-0.25, -0.2) is 0 Å². The van der Waals surface area contributed by atoms with Crippen molar-refractivity contribution in [2.75, 3.05) is 0 Å². The summed E-state index contributed by atoms with van der Waals surface area (Å²) in [6.45, 7) is 3.91. The second-order valence-corrected chi connectivity index (χ2v) is 3.70. The molecule has 1 aliphatic carbocycles. The minimum Gasteiger partial charge on any atom is -0.392 e. The third-order valence-electron chi connectivity index (χ3n) is 2.45. The fourth-order valence-corrected chi connectivity index (χ4v) is 1.67. The number of ketones is 1. The second kappa shape index (κ2) is 3.35. The lowest BCUT2D eigenvalue weighted by Gasteiger charge is -2.19. The van der Waals surface area contributed by atoms with E-state index in [2.05, 4.69) is 0 Å². The van der Waals surface area contributed by atoms with Gasteiger partial charge in [0.2, 0.25) is 0 Å². The number of hydrogen-bond donors (Lipinski definition) is 1. The molecule has 0 heterocycles. The van der Waals surface area contributed by atoms with E-state index in [-0.39, 0.29) is 17.6 Å². The Morgan fingerprint density at radius 1 is 1.55 bits per heavy atom. The van der Waals surface area contributed by atoms with Gasteiger partial charge in [0, 0.05) is 12.3 Å². The zero-order valence-corrected chi connectivity index (χ0v) is 7.21. The molecule has 0 aromatic rings. The van der Waals surface area contributed by atoms with Gasteiger partial charge in [-0.15, -0.1) is 0 Å². The van der Waals surface area contributed by atoms with Crippen LogP contribution in [0.4, 0.5) is 0 Å². The van der Waals surface area contributed by atoms with Gasteiger partial charge in [-0.3, -0.25) is 4.79 Å². The molecule has 0 amide bonds. The topological polar surface area (TPSA) is 37.3 Å². The Hall–Kier alpha value is -0.370. The highest BCUT2D eigenvalue weighted by Gasteiger charge is 2.32. The number of aliphatic hydroxyl groups excluding tert-OH is 1. The molecule has 0 bridgehead atoms. The summed E-state index contributed by atoms with van der Waals surface area (Å²) in [5.41, 5.74) is 0.